The molecular formula is C28H26N2O3. The SMILES string of the molecule is COc1cncc(OC)c1-c1ccc(NC(=O)CC(c2ccccc2)c2ccccc2)cc1. The van der Waals surface area contributed by atoms with Gasteiger partial charge < -0.3 is 14.8 Å². The van der Waals surface area contributed by atoms with E-state index in [9.17, 15) is 4.79 Å². The standard InChI is InChI=1S/C28H26N2O3/c1-32-25-18-29-19-26(33-2)28(25)22-13-15-23(16-14-22)30-27(31)17-24(20-9-5-3-6-10-20)21-11-7-4-8-12-21/h3-16,18-19,24H,17H2,1-2H3,(H,30,31). The second kappa shape index (κ2) is 10.5. The summed E-state index contributed by atoms with van der Waals surface area (Å²) in [5.74, 6) is 1.19. The number of rotatable bonds is 8. The van der Waals surface area contributed by atoms with Crippen LogP contribution in [-0.4, -0.2) is 25.1 Å². The van der Waals surface area contributed by atoms with E-state index >= 15 is 0 Å². The molecule has 1 N–H and O–H groups in total. The maximum Gasteiger partial charge on any atom is 0.225 e. The number of carbonyl (C=O) groups excluding carboxylic acids is 1. The number of amides is 1. The maximum absolute atomic E-state index is 13.0. The number of anilines is 1. The van der Waals surface area contributed by atoms with Gasteiger partial charge in [0.1, 0.15) is 11.5 Å². The topological polar surface area (TPSA) is 60.5 Å². The van der Waals surface area contributed by atoms with E-state index in [1.54, 1.807) is 26.6 Å². The molecule has 4 rings (SSSR count). The van der Waals surface area contributed by atoms with Crippen LogP contribution in [0.25, 0.3) is 11.1 Å². The van der Waals surface area contributed by atoms with Crippen LogP contribution in [0.15, 0.2) is 97.3 Å². The highest BCUT2D eigenvalue weighted by atomic mass is 16.5. The number of hydrogen-bond donors (Lipinski definition) is 1. The first-order valence-electron chi connectivity index (χ1n) is 10.8. The first kappa shape index (κ1) is 22.1. The summed E-state index contributed by atoms with van der Waals surface area (Å²) in [7, 11) is 3.20. The zero-order valence-corrected chi connectivity index (χ0v) is 18.7. The fourth-order valence-corrected chi connectivity index (χ4v) is 3.93. The Bertz CT molecular complexity index is 1130. The highest BCUT2D eigenvalue weighted by Gasteiger charge is 2.18. The van der Waals surface area contributed by atoms with Gasteiger partial charge in [-0.1, -0.05) is 72.8 Å². The van der Waals surface area contributed by atoms with E-state index in [2.05, 4.69) is 34.6 Å². The second-order valence-corrected chi connectivity index (χ2v) is 7.62. The van der Waals surface area contributed by atoms with Crippen molar-refractivity contribution in [3.05, 3.63) is 108 Å². The van der Waals surface area contributed by atoms with E-state index in [4.69, 9.17) is 9.47 Å². The highest BCUT2D eigenvalue weighted by Crippen LogP contribution is 2.37. The second-order valence-electron chi connectivity index (χ2n) is 7.62. The van der Waals surface area contributed by atoms with Gasteiger partial charge in [-0.25, -0.2) is 0 Å². The minimum Gasteiger partial charge on any atom is -0.494 e. The van der Waals surface area contributed by atoms with Crippen LogP contribution < -0.4 is 14.8 Å². The van der Waals surface area contributed by atoms with Gasteiger partial charge in [-0.3, -0.25) is 9.78 Å². The van der Waals surface area contributed by atoms with E-state index in [-0.39, 0.29) is 11.8 Å². The van der Waals surface area contributed by atoms with Crippen LogP contribution in [0.5, 0.6) is 11.5 Å². The summed E-state index contributed by atoms with van der Waals surface area (Å²) in [5, 5.41) is 3.03. The van der Waals surface area contributed by atoms with Crippen LogP contribution in [0, 0.1) is 0 Å². The molecule has 33 heavy (non-hydrogen) atoms. The van der Waals surface area contributed by atoms with Crippen LogP contribution in [0.1, 0.15) is 23.5 Å². The highest BCUT2D eigenvalue weighted by molar-refractivity contribution is 5.92. The van der Waals surface area contributed by atoms with Crippen LogP contribution in [-0.2, 0) is 4.79 Å². The smallest absolute Gasteiger partial charge is 0.225 e. The molecule has 0 saturated heterocycles. The monoisotopic (exact) mass is 438 g/mol. The van der Waals surface area contributed by atoms with Crippen molar-refractivity contribution in [2.75, 3.05) is 19.5 Å². The summed E-state index contributed by atoms with van der Waals surface area (Å²) in [4.78, 5) is 17.1. The first-order valence-corrected chi connectivity index (χ1v) is 10.8. The van der Waals surface area contributed by atoms with Gasteiger partial charge in [-0.05, 0) is 28.8 Å². The van der Waals surface area contributed by atoms with Crippen molar-refractivity contribution in [2.45, 2.75) is 12.3 Å². The number of ether oxygens (including phenoxy) is 2. The Morgan fingerprint density at radius 2 is 1.30 bits per heavy atom. The number of benzene rings is 3. The molecule has 0 spiro atoms. The predicted octanol–water partition coefficient (Wildman–Crippen LogP) is 5.93. The van der Waals surface area contributed by atoms with E-state index in [0.717, 1.165) is 27.9 Å². The lowest BCUT2D eigenvalue weighted by molar-refractivity contribution is -0.116. The molecular weight excluding hydrogens is 412 g/mol. The Morgan fingerprint density at radius 3 is 1.79 bits per heavy atom. The van der Waals surface area contributed by atoms with Crippen molar-refractivity contribution in [1.29, 1.82) is 0 Å². The number of nitrogens with zero attached hydrogens (tertiary/aromatic N) is 1. The minimum atomic E-state index is -0.0421. The molecule has 5 nitrogen and oxygen atoms in total. The minimum absolute atomic E-state index is 0.0167. The third-order valence-corrected chi connectivity index (χ3v) is 5.57. The molecule has 1 aromatic heterocycles. The largest absolute Gasteiger partial charge is 0.494 e. The third-order valence-electron chi connectivity index (χ3n) is 5.57. The van der Waals surface area contributed by atoms with Gasteiger partial charge in [0.15, 0.2) is 0 Å². The molecule has 3 aromatic carbocycles. The Balaban J connectivity index is 1.52. The Kier molecular flexibility index (Phi) is 7.00. The van der Waals surface area contributed by atoms with Crippen LogP contribution in [0.4, 0.5) is 5.69 Å². The zero-order chi connectivity index (χ0) is 23.0. The van der Waals surface area contributed by atoms with Gasteiger partial charge in [0.2, 0.25) is 5.91 Å². The molecule has 0 aliphatic heterocycles. The van der Waals surface area contributed by atoms with Gasteiger partial charge in [-0.2, -0.15) is 0 Å². The zero-order valence-electron chi connectivity index (χ0n) is 18.7. The number of carbonyl (C=O) groups is 1. The van der Waals surface area contributed by atoms with Gasteiger partial charge in [-0.15, -0.1) is 0 Å². The summed E-state index contributed by atoms with van der Waals surface area (Å²) in [6.07, 6.45) is 3.66. The lowest BCUT2D eigenvalue weighted by Gasteiger charge is -2.18. The quantitative estimate of drug-likeness (QED) is 0.371. The average Bonchev–Trinajstić information content (AvgIpc) is 2.88. The summed E-state index contributed by atoms with van der Waals surface area (Å²) >= 11 is 0. The van der Waals surface area contributed by atoms with E-state index < -0.39 is 0 Å². The van der Waals surface area contributed by atoms with Gasteiger partial charge in [0.05, 0.1) is 32.2 Å². The molecule has 0 unspecified atom stereocenters. The summed E-state index contributed by atoms with van der Waals surface area (Å²) in [6.45, 7) is 0. The third kappa shape index (κ3) is 5.21. The molecule has 0 aliphatic carbocycles. The van der Waals surface area contributed by atoms with Gasteiger partial charge in [0.25, 0.3) is 0 Å². The molecule has 166 valence electrons. The average molecular weight is 439 g/mol. The fraction of sp³-hybridized carbons (Fsp3) is 0.143. The van der Waals surface area contributed by atoms with Crippen molar-refractivity contribution in [3.63, 3.8) is 0 Å². The van der Waals surface area contributed by atoms with E-state index in [1.165, 1.54) is 0 Å². The maximum atomic E-state index is 13.0. The molecule has 5 heteroatoms. The molecule has 0 radical (unpaired) electrons. The number of methoxy groups -OCH3 is 2. The molecule has 0 atom stereocenters. The molecule has 0 bridgehead atoms. The molecule has 1 heterocycles. The Hall–Kier alpha value is -4.12. The number of nitrogens with one attached hydrogen (secondary N) is 1. The van der Waals surface area contributed by atoms with Crippen molar-refractivity contribution in [2.24, 2.45) is 0 Å². The predicted molar refractivity (Wildman–Crippen MR) is 131 cm³/mol. The molecule has 0 fully saturated rings. The normalized spacial score (nSPS) is 10.6. The Labute approximate surface area is 194 Å². The fourth-order valence-electron chi connectivity index (χ4n) is 3.93. The van der Waals surface area contributed by atoms with Crippen molar-refractivity contribution in [1.82, 2.24) is 4.98 Å². The van der Waals surface area contributed by atoms with Crippen LogP contribution in [0.2, 0.25) is 0 Å². The van der Waals surface area contributed by atoms with Gasteiger partial charge in [0, 0.05) is 18.0 Å². The summed E-state index contributed by atoms with van der Waals surface area (Å²) in [5.41, 5.74) is 4.70. The number of pyridine rings is 1. The first-order chi connectivity index (χ1) is 16.2. The van der Waals surface area contributed by atoms with Crippen LogP contribution in [0.3, 0.4) is 0 Å². The number of hydrogen-bond acceptors (Lipinski definition) is 4. The van der Waals surface area contributed by atoms with Crippen molar-refractivity contribution < 1.29 is 14.3 Å². The lowest BCUT2D eigenvalue weighted by atomic mass is 9.88. The molecule has 4 aromatic rings. The van der Waals surface area contributed by atoms with Crippen LogP contribution >= 0.6 is 0 Å². The van der Waals surface area contributed by atoms with Crippen molar-refractivity contribution >= 4 is 11.6 Å². The lowest BCUT2D eigenvalue weighted by Crippen LogP contribution is -2.16. The van der Waals surface area contributed by atoms with E-state index in [0.29, 0.717) is 17.9 Å². The molecule has 0 aliphatic rings. The Morgan fingerprint density at radius 1 is 0.788 bits per heavy atom. The van der Waals surface area contributed by atoms with Crippen molar-refractivity contribution in [3.8, 4) is 22.6 Å². The van der Waals surface area contributed by atoms with E-state index in [1.807, 2.05) is 60.7 Å². The summed E-state index contributed by atoms with van der Waals surface area (Å²) in [6, 6.07) is 27.9. The number of aromatic nitrogens is 1. The molecule has 1 amide bonds. The summed E-state index contributed by atoms with van der Waals surface area (Å²) < 4.78 is 10.9. The van der Waals surface area contributed by atoms with Gasteiger partial charge >= 0.3 is 0 Å². The molecule has 0 saturated carbocycles.